The second-order valence-electron chi connectivity index (χ2n) is 4.96. The van der Waals surface area contributed by atoms with Crippen molar-refractivity contribution < 1.29 is 0 Å². The van der Waals surface area contributed by atoms with E-state index in [1.807, 2.05) is 6.07 Å². The van der Waals surface area contributed by atoms with E-state index in [2.05, 4.69) is 41.2 Å². The minimum Gasteiger partial charge on any atom is -0.357 e. The van der Waals surface area contributed by atoms with Crippen LogP contribution in [0.3, 0.4) is 0 Å². The molecule has 0 saturated heterocycles. The van der Waals surface area contributed by atoms with Gasteiger partial charge in [-0.2, -0.15) is 0 Å². The summed E-state index contributed by atoms with van der Waals surface area (Å²) >= 11 is 0. The predicted octanol–water partition coefficient (Wildman–Crippen LogP) is 1.87. The van der Waals surface area contributed by atoms with E-state index in [4.69, 9.17) is 5.84 Å². The molecule has 1 heterocycles. The molecule has 1 aromatic rings. The summed E-state index contributed by atoms with van der Waals surface area (Å²) in [4.78, 5) is 11.2. The first-order chi connectivity index (χ1) is 8.11. The largest absolute Gasteiger partial charge is 0.357 e. The minimum atomic E-state index is 0.303. The molecule has 0 atom stereocenters. The van der Waals surface area contributed by atoms with Crippen LogP contribution in [0.5, 0.6) is 0 Å². The molecule has 1 aromatic heterocycles. The van der Waals surface area contributed by atoms with E-state index >= 15 is 0 Å². The highest BCUT2D eigenvalue weighted by molar-refractivity contribution is 5.49. The molecular formula is C12H21N5. The minimum absolute atomic E-state index is 0.303. The highest BCUT2D eigenvalue weighted by Gasteiger charge is 2.23. The molecule has 0 amide bonds. The maximum Gasteiger partial charge on any atom is 0.145 e. The number of anilines is 2. The highest BCUT2D eigenvalue weighted by Crippen LogP contribution is 2.28. The molecule has 17 heavy (non-hydrogen) atoms. The number of nitrogens with one attached hydrogen (secondary N) is 1. The number of nitrogen functional groups attached to an aromatic ring is 1. The summed E-state index contributed by atoms with van der Waals surface area (Å²) in [7, 11) is 2.09. The standard InChI is InChI=1S/C12H21N5/c1-8(2)12-14-10(16-13)7-11(15-12)17(3)9-5-4-6-9/h7-9H,4-6,13H2,1-3H3,(H,14,15,16). The first-order valence-corrected chi connectivity index (χ1v) is 6.20. The maximum absolute atomic E-state index is 5.45. The average Bonchev–Trinajstić information content (AvgIpc) is 2.25. The topological polar surface area (TPSA) is 67.1 Å². The van der Waals surface area contributed by atoms with Crippen LogP contribution in [-0.2, 0) is 0 Å². The first kappa shape index (κ1) is 12.1. The Morgan fingerprint density at radius 3 is 2.59 bits per heavy atom. The van der Waals surface area contributed by atoms with Crippen LogP contribution >= 0.6 is 0 Å². The predicted molar refractivity (Wildman–Crippen MR) is 70.0 cm³/mol. The monoisotopic (exact) mass is 235 g/mol. The number of nitrogens with two attached hydrogens (primary N) is 1. The van der Waals surface area contributed by atoms with Crippen molar-refractivity contribution in [3.63, 3.8) is 0 Å². The Morgan fingerprint density at radius 2 is 2.12 bits per heavy atom. The lowest BCUT2D eigenvalue weighted by Gasteiger charge is -2.35. The van der Waals surface area contributed by atoms with Crippen LogP contribution in [0.2, 0.25) is 0 Å². The summed E-state index contributed by atoms with van der Waals surface area (Å²) in [6.45, 7) is 4.17. The van der Waals surface area contributed by atoms with Crippen molar-refractivity contribution in [2.75, 3.05) is 17.4 Å². The third-order valence-electron chi connectivity index (χ3n) is 3.38. The van der Waals surface area contributed by atoms with E-state index in [9.17, 15) is 0 Å². The fourth-order valence-electron chi connectivity index (χ4n) is 1.93. The molecule has 1 aliphatic carbocycles. The lowest BCUT2D eigenvalue weighted by atomic mass is 9.92. The van der Waals surface area contributed by atoms with Crippen LogP contribution in [0.15, 0.2) is 6.07 Å². The normalized spacial score (nSPS) is 15.8. The zero-order valence-corrected chi connectivity index (χ0v) is 10.8. The molecule has 1 fully saturated rings. The molecule has 5 heteroatoms. The number of hydrazine groups is 1. The highest BCUT2D eigenvalue weighted by atomic mass is 15.3. The van der Waals surface area contributed by atoms with Crippen LogP contribution in [0.1, 0.15) is 44.9 Å². The smallest absolute Gasteiger partial charge is 0.145 e. The Balaban J connectivity index is 2.28. The molecular weight excluding hydrogens is 214 g/mol. The molecule has 1 aliphatic rings. The van der Waals surface area contributed by atoms with Gasteiger partial charge in [-0.3, -0.25) is 0 Å². The molecule has 0 aliphatic heterocycles. The van der Waals surface area contributed by atoms with Gasteiger partial charge < -0.3 is 10.3 Å². The Hall–Kier alpha value is -1.36. The van der Waals surface area contributed by atoms with Gasteiger partial charge in [-0.15, -0.1) is 0 Å². The molecule has 94 valence electrons. The Morgan fingerprint density at radius 1 is 1.41 bits per heavy atom. The van der Waals surface area contributed by atoms with E-state index in [1.54, 1.807) is 0 Å². The van der Waals surface area contributed by atoms with Gasteiger partial charge in [0.2, 0.25) is 0 Å². The van der Waals surface area contributed by atoms with Gasteiger partial charge in [-0.1, -0.05) is 13.8 Å². The maximum atomic E-state index is 5.45. The van der Waals surface area contributed by atoms with Gasteiger partial charge in [-0.25, -0.2) is 15.8 Å². The summed E-state index contributed by atoms with van der Waals surface area (Å²) in [5, 5.41) is 0. The summed E-state index contributed by atoms with van der Waals surface area (Å²) in [5.41, 5.74) is 2.61. The molecule has 0 aromatic carbocycles. The van der Waals surface area contributed by atoms with E-state index in [-0.39, 0.29) is 0 Å². The van der Waals surface area contributed by atoms with Gasteiger partial charge in [0.25, 0.3) is 0 Å². The van der Waals surface area contributed by atoms with Crippen molar-refractivity contribution in [1.82, 2.24) is 9.97 Å². The first-order valence-electron chi connectivity index (χ1n) is 6.20. The van der Waals surface area contributed by atoms with Crippen LogP contribution in [0, 0.1) is 0 Å². The Labute approximate surface area is 102 Å². The van der Waals surface area contributed by atoms with Crippen LogP contribution in [0.25, 0.3) is 0 Å². The zero-order valence-electron chi connectivity index (χ0n) is 10.8. The summed E-state index contributed by atoms with van der Waals surface area (Å²) in [6.07, 6.45) is 3.82. The van der Waals surface area contributed by atoms with E-state index in [0.29, 0.717) is 17.8 Å². The molecule has 5 nitrogen and oxygen atoms in total. The molecule has 3 N–H and O–H groups in total. The number of rotatable bonds is 4. The van der Waals surface area contributed by atoms with Crippen molar-refractivity contribution in [3.8, 4) is 0 Å². The third kappa shape index (κ3) is 2.49. The van der Waals surface area contributed by atoms with Crippen molar-refractivity contribution in [2.45, 2.75) is 45.1 Å². The molecule has 0 bridgehead atoms. The van der Waals surface area contributed by atoms with Crippen molar-refractivity contribution in [3.05, 3.63) is 11.9 Å². The number of aromatic nitrogens is 2. The van der Waals surface area contributed by atoms with Gasteiger partial charge >= 0.3 is 0 Å². The molecule has 2 rings (SSSR count). The quantitative estimate of drug-likeness (QED) is 0.616. The SMILES string of the molecule is CC(C)c1nc(NN)cc(N(C)C2CCC2)n1. The Kier molecular flexibility index (Phi) is 3.47. The van der Waals surface area contributed by atoms with Crippen molar-refractivity contribution in [2.24, 2.45) is 5.84 Å². The number of hydrogen-bond donors (Lipinski definition) is 2. The lowest BCUT2D eigenvalue weighted by molar-refractivity contribution is 0.399. The second kappa shape index (κ2) is 4.87. The molecule has 0 radical (unpaired) electrons. The van der Waals surface area contributed by atoms with Gasteiger partial charge in [0.05, 0.1) is 0 Å². The van der Waals surface area contributed by atoms with Crippen molar-refractivity contribution in [1.29, 1.82) is 0 Å². The van der Waals surface area contributed by atoms with E-state index in [0.717, 1.165) is 11.6 Å². The van der Waals surface area contributed by atoms with E-state index < -0.39 is 0 Å². The van der Waals surface area contributed by atoms with Gasteiger partial charge in [-0.05, 0) is 19.3 Å². The van der Waals surface area contributed by atoms with Crippen LogP contribution in [-0.4, -0.2) is 23.1 Å². The zero-order chi connectivity index (χ0) is 12.4. The van der Waals surface area contributed by atoms with Crippen LogP contribution < -0.4 is 16.2 Å². The summed E-state index contributed by atoms with van der Waals surface area (Å²) < 4.78 is 0. The average molecular weight is 235 g/mol. The fraction of sp³-hybridized carbons (Fsp3) is 0.667. The summed E-state index contributed by atoms with van der Waals surface area (Å²) in [5.74, 6) is 8.23. The van der Waals surface area contributed by atoms with Gasteiger partial charge in [0.15, 0.2) is 0 Å². The molecule has 0 spiro atoms. The summed E-state index contributed by atoms with van der Waals surface area (Å²) in [6, 6.07) is 2.53. The van der Waals surface area contributed by atoms with E-state index in [1.165, 1.54) is 19.3 Å². The van der Waals surface area contributed by atoms with Gasteiger partial charge in [0, 0.05) is 25.1 Å². The van der Waals surface area contributed by atoms with Gasteiger partial charge in [0.1, 0.15) is 17.5 Å². The number of hydrogen-bond acceptors (Lipinski definition) is 5. The third-order valence-corrected chi connectivity index (χ3v) is 3.38. The lowest BCUT2D eigenvalue weighted by Crippen LogP contribution is -2.37. The van der Waals surface area contributed by atoms with Crippen LogP contribution in [0.4, 0.5) is 11.6 Å². The fourth-order valence-corrected chi connectivity index (χ4v) is 1.93. The molecule has 1 saturated carbocycles. The van der Waals surface area contributed by atoms with Crippen molar-refractivity contribution >= 4 is 11.6 Å². The second-order valence-corrected chi connectivity index (χ2v) is 4.96. The number of nitrogens with zero attached hydrogens (tertiary/aromatic N) is 3. The molecule has 0 unspecified atom stereocenters. The Bertz CT molecular complexity index is 386.